The number of anilines is 2. The molecular weight excluding hydrogens is 399 g/mol. The van der Waals surface area contributed by atoms with Crippen molar-refractivity contribution in [2.45, 2.75) is 6.54 Å². The van der Waals surface area contributed by atoms with Crippen LogP contribution in [0.15, 0.2) is 54.9 Å². The molecule has 25 heavy (non-hydrogen) atoms. The predicted octanol–water partition coefficient (Wildman–Crippen LogP) is 5.70. The van der Waals surface area contributed by atoms with Gasteiger partial charge in [0, 0.05) is 6.20 Å². The van der Waals surface area contributed by atoms with Crippen molar-refractivity contribution in [1.29, 1.82) is 0 Å². The Hall–Kier alpha value is -1.79. The molecule has 0 atom stereocenters. The summed E-state index contributed by atoms with van der Waals surface area (Å²) in [4.78, 5) is 0. The second-order valence-electron chi connectivity index (χ2n) is 5.23. The van der Waals surface area contributed by atoms with E-state index < -0.39 is 0 Å². The SMILES string of the molecule is S=C(Nc1cnn(Cc2ccc(Cl)c(Cl)c2)c1)Nc1ccccc1Cl. The van der Waals surface area contributed by atoms with Crippen molar-refractivity contribution < 1.29 is 0 Å². The van der Waals surface area contributed by atoms with Crippen molar-refractivity contribution in [3.8, 4) is 0 Å². The Morgan fingerprint density at radius 2 is 1.80 bits per heavy atom. The molecule has 1 aromatic heterocycles. The highest BCUT2D eigenvalue weighted by Crippen LogP contribution is 2.23. The summed E-state index contributed by atoms with van der Waals surface area (Å²) in [6.45, 7) is 0.573. The second-order valence-corrected chi connectivity index (χ2v) is 6.86. The van der Waals surface area contributed by atoms with E-state index in [0.717, 1.165) is 16.9 Å². The van der Waals surface area contributed by atoms with Crippen LogP contribution in [-0.2, 0) is 6.54 Å². The minimum atomic E-state index is 0.433. The first-order chi connectivity index (χ1) is 12.0. The lowest BCUT2D eigenvalue weighted by atomic mass is 10.2. The Balaban J connectivity index is 1.62. The number of benzene rings is 2. The van der Waals surface area contributed by atoms with E-state index in [1.807, 2.05) is 36.5 Å². The van der Waals surface area contributed by atoms with Gasteiger partial charge in [-0.3, -0.25) is 4.68 Å². The number of nitrogens with zero attached hydrogens (tertiary/aromatic N) is 2. The van der Waals surface area contributed by atoms with Gasteiger partial charge in [-0.1, -0.05) is 53.0 Å². The molecule has 2 N–H and O–H groups in total. The molecule has 0 fully saturated rings. The average Bonchev–Trinajstić information content (AvgIpc) is 3.00. The fourth-order valence-electron chi connectivity index (χ4n) is 2.19. The third kappa shape index (κ3) is 4.86. The van der Waals surface area contributed by atoms with Crippen LogP contribution in [0.3, 0.4) is 0 Å². The van der Waals surface area contributed by atoms with Gasteiger partial charge in [0.25, 0.3) is 0 Å². The third-order valence-electron chi connectivity index (χ3n) is 3.34. The summed E-state index contributed by atoms with van der Waals surface area (Å²) in [5.41, 5.74) is 2.51. The zero-order chi connectivity index (χ0) is 17.8. The highest BCUT2D eigenvalue weighted by atomic mass is 35.5. The van der Waals surface area contributed by atoms with Gasteiger partial charge < -0.3 is 10.6 Å². The molecule has 0 amide bonds. The monoisotopic (exact) mass is 410 g/mol. The maximum atomic E-state index is 6.10. The second kappa shape index (κ2) is 8.06. The Labute approximate surface area is 165 Å². The third-order valence-corrected chi connectivity index (χ3v) is 4.61. The zero-order valence-electron chi connectivity index (χ0n) is 12.8. The van der Waals surface area contributed by atoms with Crippen LogP contribution in [0, 0.1) is 0 Å². The van der Waals surface area contributed by atoms with Crippen molar-refractivity contribution in [3.63, 3.8) is 0 Å². The molecule has 0 unspecified atom stereocenters. The molecular formula is C17H13Cl3N4S. The van der Waals surface area contributed by atoms with E-state index in [1.54, 1.807) is 23.0 Å². The van der Waals surface area contributed by atoms with E-state index >= 15 is 0 Å². The van der Waals surface area contributed by atoms with Gasteiger partial charge in [0.05, 0.1) is 39.2 Å². The topological polar surface area (TPSA) is 41.9 Å². The molecule has 4 nitrogen and oxygen atoms in total. The van der Waals surface area contributed by atoms with E-state index in [-0.39, 0.29) is 0 Å². The van der Waals surface area contributed by atoms with E-state index in [0.29, 0.717) is 26.7 Å². The highest BCUT2D eigenvalue weighted by Gasteiger charge is 2.05. The number of halogens is 3. The first-order valence-electron chi connectivity index (χ1n) is 7.30. The largest absolute Gasteiger partial charge is 0.331 e. The normalized spacial score (nSPS) is 10.5. The molecule has 1 heterocycles. The molecule has 3 rings (SSSR count). The lowest BCUT2D eigenvalue weighted by Crippen LogP contribution is -2.18. The summed E-state index contributed by atoms with van der Waals surface area (Å²) in [6.07, 6.45) is 3.54. The minimum absolute atomic E-state index is 0.433. The number of aromatic nitrogens is 2. The molecule has 0 radical (unpaired) electrons. The van der Waals surface area contributed by atoms with Crippen LogP contribution in [0.25, 0.3) is 0 Å². The fraction of sp³-hybridized carbons (Fsp3) is 0.0588. The van der Waals surface area contributed by atoms with Gasteiger partial charge in [-0.25, -0.2) is 0 Å². The van der Waals surface area contributed by atoms with Gasteiger partial charge in [-0.2, -0.15) is 5.10 Å². The Bertz CT molecular complexity index is 910. The van der Waals surface area contributed by atoms with Crippen LogP contribution in [0.5, 0.6) is 0 Å². The maximum Gasteiger partial charge on any atom is 0.175 e. The van der Waals surface area contributed by atoms with Gasteiger partial charge in [-0.05, 0) is 42.0 Å². The molecule has 0 bridgehead atoms. The van der Waals surface area contributed by atoms with Crippen molar-refractivity contribution in [3.05, 3.63) is 75.5 Å². The van der Waals surface area contributed by atoms with Crippen LogP contribution < -0.4 is 10.6 Å². The summed E-state index contributed by atoms with van der Waals surface area (Å²) >= 11 is 23.4. The van der Waals surface area contributed by atoms with Crippen LogP contribution in [0.2, 0.25) is 15.1 Å². The summed E-state index contributed by atoms with van der Waals surface area (Å²) in [6, 6.07) is 12.9. The lowest BCUT2D eigenvalue weighted by molar-refractivity contribution is 0.687. The van der Waals surface area contributed by atoms with Crippen molar-refractivity contribution in [1.82, 2.24) is 9.78 Å². The summed E-state index contributed by atoms with van der Waals surface area (Å²) in [5, 5.41) is 12.5. The van der Waals surface area contributed by atoms with Crippen LogP contribution in [0.1, 0.15) is 5.56 Å². The molecule has 0 aliphatic heterocycles. The summed E-state index contributed by atoms with van der Waals surface area (Å²) < 4.78 is 1.78. The maximum absolute atomic E-state index is 6.10. The Morgan fingerprint density at radius 1 is 1.00 bits per heavy atom. The standard InChI is InChI=1S/C17H13Cl3N4S/c18-13-6-5-11(7-15(13)20)9-24-10-12(8-21-24)22-17(25)23-16-4-2-1-3-14(16)19/h1-8,10H,9H2,(H2,22,23,25). The number of rotatable bonds is 4. The van der Waals surface area contributed by atoms with E-state index in [9.17, 15) is 0 Å². The average molecular weight is 412 g/mol. The zero-order valence-corrected chi connectivity index (χ0v) is 15.9. The van der Waals surface area contributed by atoms with Gasteiger partial charge in [0.15, 0.2) is 5.11 Å². The molecule has 2 aromatic carbocycles. The van der Waals surface area contributed by atoms with E-state index in [4.69, 9.17) is 47.0 Å². The van der Waals surface area contributed by atoms with Gasteiger partial charge >= 0.3 is 0 Å². The molecule has 0 saturated carbocycles. The molecule has 0 saturated heterocycles. The molecule has 0 aliphatic carbocycles. The molecule has 0 spiro atoms. The highest BCUT2D eigenvalue weighted by molar-refractivity contribution is 7.80. The van der Waals surface area contributed by atoms with Gasteiger partial charge in [0.1, 0.15) is 0 Å². The molecule has 128 valence electrons. The molecule has 3 aromatic rings. The van der Waals surface area contributed by atoms with E-state index in [2.05, 4.69) is 15.7 Å². The smallest absolute Gasteiger partial charge is 0.175 e. The lowest BCUT2D eigenvalue weighted by Gasteiger charge is -2.10. The minimum Gasteiger partial charge on any atom is -0.331 e. The number of thiocarbonyl (C=S) groups is 1. The number of hydrogen-bond donors (Lipinski definition) is 2. The van der Waals surface area contributed by atoms with Crippen LogP contribution in [-0.4, -0.2) is 14.9 Å². The number of para-hydroxylation sites is 1. The van der Waals surface area contributed by atoms with Crippen molar-refractivity contribution >= 4 is 63.5 Å². The quantitative estimate of drug-likeness (QED) is 0.540. The Kier molecular flexibility index (Phi) is 5.81. The first kappa shape index (κ1) is 18.0. The Morgan fingerprint density at radius 3 is 2.56 bits per heavy atom. The number of hydrogen-bond acceptors (Lipinski definition) is 2. The number of nitrogens with one attached hydrogen (secondary N) is 2. The summed E-state index contributed by atoms with van der Waals surface area (Å²) in [5.74, 6) is 0. The molecule has 8 heteroatoms. The summed E-state index contributed by atoms with van der Waals surface area (Å²) in [7, 11) is 0. The molecule has 0 aliphatic rings. The van der Waals surface area contributed by atoms with Crippen molar-refractivity contribution in [2.75, 3.05) is 10.6 Å². The van der Waals surface area contributed by atoms with Crippen LogP contribution in [0.4, 0.5) is 11.4 Å². The first-order valence-corrected chi connectivity index (χ1v) is 8.84. The van der Waals surface area contributed by atoms with E-state index in [1.165, 1.54) is 0 Å². The van der Waals surface area contributed by atoms with Gasteiger partial charge in [-0.15, -0.1) is 0 Å². The van der Waals surface area contributed by atoms with Crippen LogP contribution >= 0.6 is 47.0 Å². The fourth-order valence-corrected chi connectivity index (χ4v) is 2.92. The predicted molar refractivity (Wildman–Crippen MR) is 109 cm³/mol. The van der Waals surface area contributed by atoms with Gasteiger partial charge in [0.2, 0.25) is 0 Å². The van der Waals surface area contributed by atoms with Crippen molar-refractivity contribution in [2.24, 2.45) is 0 Å².